The zero-order valence-electron chi connectivity index (χ0n) is 21.7. The lowest BCUT2D eigenvalue weighted by Gasteiger charge is -2.23. The van der Waals surface area contributed by atoms with Crippen molar-refractivity contribution in [2.75, 3.05) is 31.1 Å². The number of carbonyl (C=O) groups is 2. The van der Waals surface area contributed by atoms with Crippen LogP contribution in [0.15, 0.2) is 53.4 Å². The Morgan fingerprint density at radius 3 is 2.47 bits per heavy atom. The molecule has 2 aromatic carbocycles. The molecule has 0 fully saturated rings. The van der Waals surface area contributed by atoms with Crippen molar-refractivity contribution in [2.45, 2.75) is 58.0 Å². The first kappa shape index (κ1) is 27.8. The van der Waals surface area contributed by atoms with Gasteiger partial charge in [0, 0.05) is 38.8 Å². The molecule has 1 aliphatic heterocycles. The molecule has 0 saturated carbocycles. The first-order valence-corrected chi connectivity index (χ1v) is 14.1. The standard InChI is InChI=1S/C27H38N4O4S/c1-5-30(19-22-10-7-6-8-11-22)16-9-15-28-27(33)26(20(2)3)29-36(34,35)24-12-13-25-23(18-24)14-17-31(25)21(4)32/h6-8,10-13,18,20,26,29H,5,9,14-17,19H2,1-4H3,(H,28,33). The molecular formula is C27H38N4O4S. The number of nitrogens with one attached hydrogen (secondary N) is 2. The summed E-state index contributed by atoms with van der Waals surface area (Å²) in [7, 11) is -3.91. The van der Waals surface area contributed by atoms with Gasteiger partial charge in [0.2, 0.25) is 21.8 Å². The smallest absolute Gasteiger partial charge is 0.241 e. The average molecular weight is 515 g/mol. The van der Waals surface area contributed by atoms with Gasteiger partial charge in [-0.15, -0.1) is 0 Å². The second-order valence-electron chi connectivity index (χ2n) is 9.55. The van der Waals surface area contributed by atoms with Gasteiger partial charge in [0.15, 0.2) is 0 Å². The monoisotopic (exact) mass is 514 g/mol. The molecule has 0 saturated heterocycles. The maximum absolute atomic E-state index is 13.1. The van der Waals surface area contributed by atoms with Gasteiger partial charge >= 0.3 is 0 Å². The van der Waals surface area contributed by atoms with Crippen LogP contribution in [0.5, 0.6) is 0 Å². The number of carbonyl (C=O) groups excluding carboxylic acids is 2. The fourth-order valence-corrected chi connectivity index (χ4v) is 5.81. The molecule has 8 nitrogen and oxygen atoms in total. The minimum atomic E-state index is -3.91. The van der Waals surface area contributed by atoms with E-state index in [2.05, 4.69) is 34.0 Å². The molecule has 9 heteroatoms. The van der Waals surface area contributed by atoms with Crippen molar-refractivity contribution in [3.63, 3.8) is 0 Å². The number of benzene rings is 2. The summed E-state index contributed by atoms with van der Waals surface area (Å²) < 4.78 is 28.8. The van der Waals surface area contributed by atoms with Gasteiger partial charge in [-0.3, -0.25) is 14.5 Å². The molecule has 1 heterocycles. The first-order valence-electron chi connectivity index (χ1n) is 12.6. The van der Waals surface area contributed by atoms with Crippen molar-refractivity contribution in [1.29, 1.82) is 0 Å². The van der Waals surface area contributed by atoms with Crippen molar-refractivity contribution >= 4 is 27.5 Å². The van der Waals surface area contributed by atoms with Gasteiger partial charge in [0.25, 0.3) is 0 Å². The molecular weight excluding hydrogens is 476 g/mol. The van der Waals surface area contributed by atoms with Gasteiger partial charge in [-0.05, 0) is 54.6 Å². The number of rotatable bonds is 12. The second kappa shape index (κ2) is 12.5. The van der Waals surface area contributed by atoms with Crippen LogP contribution < -0.4 is 14.9 Å². The highest BCUT2D eigenvalue weighted by molar-refractivity contribution is 7.89. The number of anilines is 1. The van der Waals surface area contributed by atoms with Crippen LogP contribution in [0, 0.1) is 5.92 Å². The van der Waals surface area contributed by atoms with Crippen molar-refractivity contribution in [2.24, 2.45) is 5.92 Å². The van der Waals surface area contributed by atoms with Crippen molar-refractivity contribution < 1.29 is 18.0 Å². The largest absolute Gasteiger partial charge is 0.355 e. The van der Waals surface area contributed by atoms with Gasteiger partial charge in [-0.2, -0.15) is 4.72 Å². The lowest BCUT2D eigenvalue weighted by molar-refractivity contribution is -0.123. The molecule has 3 rings (SSSR count). The maximum atomic E-state index is 13.1. The van der Waals surface area contributed by atoms with Gasteiger partial charge in [0.1, 0.15) is 6.04 Å². The van der Waals surface area contributed by atoms with Gasteiger partial charge in [-0.1, -0.05) is 51.1 Å². The highest BCUT2D eigenvalue weighted by atomic mass is 32.2. The zero-order valence-corrected chi connectivity index (χ0v) is 22.5. The Morgan fingerprint density at radius 2 is 1.83 bits per heavy atom. The van der Waals surface area contributed by atoms with Gasteiger partial charge in [-0.25, -0.2) is 8.42 Å². The van der Waals surface area contributed by atoms with Crippen LogP contribution in [0.25, 0.3) is 0 Å². The Kier molecular flexibility index (Phi) is 9.64. The van der Waals surface area contributed by atoms with Crippen LogP contribution in [-0.4, -0.2) is 57.4 Å². The number of sulfonamides is 1. The van der Waals surface area contributed by atoms with Crippen LogP contribution in [0.3, 0.4) is 0 Å². The molecule has 2 aromatic rings. The van der Waals surface area contributed by atoms with E-state index in [0.29, 0.717) is 19.5 Å². The Bertz CT molecular complexity index is 1150. The van der Waals surface area contributed by atoms with Gasteiger partial charge < -0.3 is 10.2 Å². The minimum absolute atomic E-state index is 0.0684. The van der Waals surface area contributed by atoms with E-state index in [1.165, 1.54) is 18.6 Å². The molecule has 1 atom stereocenters. The Labute approximate surface area is 215 Å². The van der Waals surface area contributed by atoms with E-state index in [9.17, 15) is 18.0 Å². The Morgan fingerprint density at radius 1 is 1.11 bits per heavy atom. The van der Waals surface area contributed by atoms with Crippen molar-refractivity contribution in [3.8, 4) is 0 Å². The number of hydrogen-bond acceptors (Lipinski definition) is 5. The van der Waals surface area contributed by atoms with E-state index in [1.807, 2.05) is 32.0 Å². The fraction of sp³-hybridized carbons (Fsp3) is 0.481. The SMILES string of the molecule is CCN(CCCNC(=O)C(NS(=O)(=O)c1ccc2c(c1)CCN2C(C)=O)C(C)C)Cc1ccccc1. The summed E-state index contributed by atoms with van der Waals surface area (Å²) >= 11 is 0. The minimum Gasteiger partial charge on any atom is -0.355 e. The predicted octanol–water partition coefficient (Wildman–Crippen LogP) is 2.93. The van der Waals surface area contributed by atoms with Gasteiger partial charge in [0.05, 0.1) is 4.90 Å². The quantitative estimate of drug-likeness (QED) is 0.425. The number of amides is 2. The van der Waals surface area contributed by atoms with Crippen LogP contribution in [0.2, 0.25) is 0 Å². The lowest BCUT2D eigenvalue weighted by Crippen LogP contribution is -2.50. The number of fused-ring (bicyclic) bond motifs is 1. The molecule has 0 spiro atoms. The van der Waals surface area contributed by atoms with Crippen LogP contribution in [-0.2, 0) is 32.6 Å². The molecule has 0 radical (unpaired) electrons. The molecule has 196 valence electrons. The van der Waals surface area contributed by atoms with E-state index >= 15 is 0 Å². The summed E-state index contributed by atoms with van der Waals surface area (Å²) in [6.07, 6.45) is 1.37. The second-order valence-corrected chi connectivity index (χ2v) is 11.3. The van der Waals surface area contributed by atoms with Crippen LogP contribution in [0.4, 0.5) is 5.69 Å². The Hall–Kier alpha value is -2.75. The summed E-state index contributed by atoms with van der Waals surface area (Å²) in [5, 5.41) is 2.90. The summed E-state index contributed by atoms with van der Waals surface area (Å²) in [5.41, 5.74) is 2.81. The highest BCUT2D eigenvalue weighted by Gasteiger charge is 2.30. The normalized spacial score (nSPS) is 14.2. The van der Waals surface area contributed by atoms with E-state index in [1.54, 1.807) is 17.0 Å². The van der Waals surface area contributed by atoms with Crippen LogP contribution >= 0.6 is 0 Å². The molecule has 1 aliphatic rings. The molecule has 36 heavy (non-hydrogen) atoms. The molecule has 2 amide bonds. The maximum Gasteiger partial charge on any atom is 0.241 e. The zero-order chi connectivity index (χ0) is 26.3. The highest BCUT2D eigenvalue weighted by Crippen LogP contribution is 2.30. The van der Waals surface area contributed by atoms with E-state index in [0.717, 1.165) is 37.3 Å². The summed E-state index contributed by atoms with van der Waals surface area (Å²) in [5.74, 6) is -0.627. The third kappa shape index (κ3) is 7.15. The molecule has 0 bridgehead atoms. The van der Waals surface area contributed by atoms with E-state index in [-0.39, 0.29) is 22.6 Å². The number of hydrogen-bond donors (Lipinski definition) is 2. The average Bonchev–Trinajstić information content (AvgIpc) is 3.28. The molecule has 0 aromatic heterocycles. The first-order chi connectivity index (χ1) is 17.1. The fourth-order valence-electron chi connectivity index (χ4n) is 4.41. The summed E-state index contributed by atoms with van der Waals surface area (Å²) in [6.45, 7) is 10.8. The van der Waals surface area contributed by atoms with E-state index < -0.39 is 16.1 Å². The predicted molar refractivity (Wildman–Crippen MR) is 142 cm³/mol. The lowest BCUT2D eigenvalue weighted by atomic mass is 10.1. The van der Waals surface area contributed by atoms with Crippen LogP contribution in [0.1, 0.15) is 45.2 Å². The molecule has 2 N–H and O–H groups in total. The number of nitrogens with zero attached hydrogens (tertiary/aromatic N) is 2. The Balaban J connectivity index is 1.56. The third-order valence-electron chi connectivity index (χ3n) is 6.51. The van der Waals surface area contributed by atoms with Crippen molar-refractivity contribution in [3.05, 3.63) is 59.7 Å². The third-order valence-corrected chi connectivity index (χ3v) is 7.95. The molecule has 0 aliphatic carbocycles. The molecule has 1 unspecified atom stereocenters. The topological polar surface area (TPSA) is 98.8 Å². The summed E-state index contributed by atoms with van der Waals surface area (Å²) in [4.78, 5) is 28.7. The summed E-state index contributed by atoms with van der Waals surface area (Å²) in [6, 6.07) is 14.1. The van der Waals surface area contributed by atoms with E-state index in [4.69, 9.17) is 0 Å². The van der Waals surface area contributed by atoms with Crippen molar-refractivity contribution in [1.82, 2.24) is 14.9 Å².